The van der Waals surface area contributed by atoms with Crippen molar-refractivity contribution in [1.82, 2.24) is 4.40 Å². The molecule has 3 atom stereocenters. The van der Waals surface area contributed by atoms with E-state index in [4.69, 9.17) is 0 Å². The van der Waals surface area contributed by atoms with Crippen LogP contribution in [0.1, 0.15) is 74.6 Å². The lowest BCUT2D eigenvalue weighted by molar-refractivity contribution is -0.643. The fourth-order valence-electron chi connectivity index (χ4n) is 8.57. The van der Waals surface area contributed by atoms with Crippen molar-refractivity contribution in [3.8, 4) is 0 Å². The number of pyridine rings is 2. The second-order valence-electron chi connectivity index (χ2n) is 14.1. The Morgan fingerprint density at radius 1 is 0.895 bits per heavy atom. The number of hydrogen-bond donors (Lipinski definition) is 0. The van der Waals surface area contributed by atoms with Gasteiger partial charge in [0.25, 0.3) is 0 Å². The molecule has 2 saturated carbocycles. The molecule has 2 aliphatic rings. The molecule has 0 aliphatic heterocycles. The maximum absolute atomic E-state index is 2.64. The number of aromatic nitrogens is 2. The molecule has 3 aromatic carbocycles. The van der Waals surface area contributed by atoms with E-state index in [1.165, 1.54) is 91.4 Å². The summed E-state index contributed by atoms with van der Waals surface area (Å²) >= 11 is 0. The first kappa shape index (κ1) is 22.8. The van der Waals surface area contributed by atoms with Crippen LogP contribution < -0.4 is 4.57 Å². The number of benzene rings is 3. The second kappa shape index (κ2) is 7.50. The lowest BCUT2D eigenvalue weighted by Crippen LogP contribution is -2.29. The van der Waals surface area contributed by atoms with Gasteiger partial charge < -0.3 is 4.40 Å². The van der Waals surface area contributed by atoms with Gasteiger partial charge in [-0.05, 0) is 115 Å². The zero-order chi connectivity index (χ0) is 26.1. The summed E-state index contributed by atoms with van der Waals surface area (Å²) in [5.41, 5.74) is 11.6. The molecule has 3 heterocycles. The van der Waals surface area contributed by atoms with Gasteiger partial charge in [0.15, 0.2) is 6.20 Å². The molecular weight excluding hydrogens is 460 g/mol. The Labute approximate surface area is 225 Å². The Bertz CT molecular complexity index is 1930. The van der Waals surface area contributed by atoms with E-state index in [-0.39, 0.29) is 5.41 Å². The highest BCUT2D eigenvalue weighted by Gasteiger charge is 2.40. The fraction of sp³-hybridized carbons (Fsp3) is 0.417. The quantitative estimate of drug-likeness (QED) is 0.128. The Morgan fingerprint density at radius 2 is 1.74 bits per heavy atom. The first-order valence-corrected chi connectivity index (χ1v) is 14.7. The summed E-state index contributed by atoms with van der Waals surface area (Å²) in [6.07, 6.45) is 9.09. The van der Waals surface area contributed by atoms with E-state index in [1.54, 1.807) is 5.56 Å². The van der Waals surface area contributed by atoms with Crippen molar-refractivity contribution in [1.29, 1.82) is 0 Å². The van der Waals surface area contributed by atoms with Crippen LogP contribution in [0.2, 0.25) is 0 Å². The van der Waals surface area contributed by atoms with Gasteiger partial charge in [-0.25, -0.2) is 4.57 Å². The summed E-state index contributed by atoms with van der Waals surface area (Å²) in [7, 11) is 2.23. The monoisotopic (exact) mass is 499 g/mol. The number of aryl methyl sites for hydroxylation is 3. The first-order chi connectivity index (χ1) is 18.2. The van der Waals surface area contributed by atoms with Crippen molar-refractivity contribution in [2.75, 3.05) is 0 Å². The molecule has 8 rings (SSSR count). The number of nitrogens with zero attached hydrogens (tertiary/aromatic N) is 2. The predicted molar refractivity (Wildman–Crippen MR) is 161 cm³/mol. The third-order valence-electron chi connectivity index (χ3n) is 10.3. The van der Waals surface area contributed by atoms with Gasteiger partial charge in [-0.15, -0.1) is 0 Å². The highest BCUT2D eigenvalue weighted by atomic mass is 15.0. The van der Waals surface area contributed by atoms with Crippen molar-refractivity contribution >= 4 is 49.0 Å². The molecule has 0 N–H and O–H groups in total. The van der Waals surface area contributed by atoms with Crippen LogP contribution in [-0.2, 0) is 13.5 Å². The van der Waals surface area contributed by atoms with E-state index in [1.807, 2.05) is 0 Å². The van der Waals surface area contributed by atoms with Gasteiger partial charge in [0.2, 0.25) is 5.52 Å². The standard InChI is InChI=1S/C36H39N2/c1-20-13-29-28-16-23(19-36(3,4)5)8-10-30(28)38-31-18-26(27-15-22-7-9-24(27)14-22)17-25-11-12-37(6)35(33(25)31)32(21(20)2)34(29)38/h8,10-13,16-18,22,24,27H,7,9,14-15,19H2,1-6H3/q+1. The average molecular weight is 500 g/mol. The van der Waals surface area contributed by atoms with Crippen molar-refractivity contribution in [2.24, 2.45) is 24.3 Å². The minimum absolute atomic E-state index is 0.267. The van der Waals surface area contributed by atoms with Crippen LogP contribution in [0.25, 0.3) is 49.0 Å². The van der Waals surface area contributed by atoms with E-state index in [2.05, 4.69) is 99.3 Å². The molecule has 38 heavy (non-hydrogen) atoms. The highest BCUT2D eigenvalue weighted by molar-refractivity contribution is 6.26. The molecule has 2 fully saturated rings. The molecule has 3 aromatic heterocycles. The Kier molecular flexibility index (Phi) is 4.50. The molecule has 0 amide bonds. The molecule has 0 radical (unpaired) electrons. The smallest absolute Gasteiger partial charge is 0.224 e. The van der Waals surface area contributed by atoms with Crippen LogP contribution in [0, 0.1) is 31.1 Å². The average Bonchev–Trinajstić information content (AvgIpc) is 3.58. The molecular formula is C36H39N2+. The molecule has 3 unspecified atom stereocenters. The van der Waals surface area contributed by atoms with Crippen LogP contribution in [0.15, 0.2) is 48.7 Å². The minimum atomic E-state index is 0.267. The largest absolute Gasteiger partial charge is 0.307 e. The third kappa shape index (κ3) is 3.04. The molecule has 192 valence electrons. The Hall–Kier alpha value is -3.13. The van der Waals surface area contributed by atoms with Crippen LogP contribution in [-0.4, -0.2) is 4.40 Å². The van der Waals surface area contributed by atoms with E-state index in [0.29, 0.717) is 0 Å². The topological polar surface area (TPSA) is 8.29 Å². The van der Waals surface area contributed by atoms with E-state index in [9.17, 15) is 0 Å². The fourth-order valence-corrected chi connectivity index (χ4v) is 8.57. The number of hydrogen-bond acceptors (Lipinski definition) is 0. The van der Waals surface area contributed by atoms with E-state index < -0.39 is 0 Å². The van der Waals surface area contributed by atoms with Crippen LogP contribution in [0.3, 0.4) is 0 Å². The van der Waals surface area contributed by atoms with E-state index >= 15 is 0 Å². The van der Waals surface area contributed by atoms with Crippen LogP contribution >= 0.6 is 0 Å². The third-order valence-corrected chi connectivity index (χ3v) is 10.3. The lowest BCUT2D eigenvalue weighted by Gasteiger charge is -2.23. The zero-order valence-electron chi connectivity index (χ0n) is 23.8. The molecule has 2 nitrogen and oxygen atoms in total. The molecule has 6 aromatic rings. The summed E-state index contributed by atoms with van der Waals surface area (Å²) in [6.45, 7) is 11.6. The summed E-state index contributed by atoms with van der Waals surface area (Å²) in [5, 5.41) is 7.05. The van der Waals surface area contributed by atoms with Crippen LogP contribution in [0.5, 0.6) is 0 Å². The Morgan fingerprint density at radius 3 is 2.47 bits per heavy atom. The maximum atomic E-state index is 2.64. The number of fused-ring (bicyclic) bond motifs is 7. The molecule has 2 aliphatic carbocycles. The molecule has 0 saturated heterocycles. The van der Waals surface area contributed by atoms with E-state index in [0.717, 1.165) is 24.2 Å². The molecule has 2 heteroatoms. The van der Waals surface area contributed by atoms with Crippen molar-refractivity contribution in [3.63, 3.8) is 0 Å². The summed E-state index contributed by atoms with van der Waals surface area (Å²) in [4.78, 5) is 0. The zero-order valence-corrected chi connectivity index (χ0v) is 23.8. The summed E-state index contributed by atoms with van der Waals surface area (Å²) in [5.74, 6) is 2.56. The lowest BCUT2D eigenvalue weighted by atomic mass is 9.82. The first-order valence-electron chi connectivity index (χ1n) is 14.7. The second-order valence-corrected chi connectivity index (χ2v) is 14.1. The number of rotatable bonds is 2. The van der Waals surface area contributed by atoms with Gasteiger partial charge in [0.05, 0.1) is 27.3 Å². The van der Waals surface area contributed by atoms with Gasteiger partial charge in [0, 0.05) is 16.8 Å². The Balaban J connectivity index is 1.56. The van der Waals surface area contributed by atoms with Gasteiger partial charge >= 0.3 is 0 Å². The predicted octanol–water partition coefficient (Wildman–Crippen LogP) is 8.92. The van der Waals surface area contributed by atoms with Crippen molar-refractivity contribution in [2.45, 2.75) is 72.6 Å². The minimum Gasteiger partial charge on any atom is -0.307 e. The summed E-state index contributed by atoms with van der Waals surface area (Å²) < 4.78 is 5.01. The van der Waals surface area contributed by atoms with Crippen molar-refractivity contribution in [3.05, 3.63) is 70.9 Å². The SMILES string of the molecule is Cc1cc2c3cc(CC(C)(C)C)ccc3n3c4cc(C5CC6CCC5C6)cc5cc[n+](C)c(c(c1C)c23)c54. The van der Waals surface area contributed by atoms with Crippen molar-refractivity contribution < 1.29 is 4.57 Å². The molecule has 0 spiro atoms. The van der Waals surface area contributed by atoms with Gasteiger partial charge in [-0.1, -0.05) is 39.3 Å². The van der Waals surface area contributed by atoms with Gasteiger partial charge in [-0.3, -0.25) is 0 Å². The van der Waals surface area contributed by atoms with Gasteiger partial charge in [0.1, 0.15) is 7.05 Å². The van der Waals surface area contributed by atoms with Crippen LogP contribution in [0.4, 0.5) is 0 Å². The molecule has 2 bridgehead atoms. The van der Waals surface area contributed by atoms with Gasteiger partial charge in [-0.2, -0.15) is 0 Å². The highest BCUT2D eigenvalue weighted by Crippen LogP contribution is 2.54. The normalized spacial score (nSPS) is 21.9. The maximum Gasteiger partial charge on any atom is 0.224 e. The summed E-state index contributed by atoms with van der Waals surface area (Å²) in [6, 6.07) is 17.2.